The molecule has 0 heterocycles. The maximum absolute atomic E-state index is 13.4. The zero-order valence-electron chi connectivity index (χ0n) is 22.9. The van der Waals surface area contributed by atoms with Gasteiger partial charge in [-0.05, 0) is 62.6 Å². The monoisotopic (exact) mass is 567 g/mol. The molecule has 2 atom stereocenters. The lowest BCUT2D eigenvalue weighted by Crippen LogP contribution is -2.49. The predicted molar refractivity (Wildman–Crippen MR) is 150 cm³/mol. The van der Waals surface area contributed by atoms with Gasteiger partial charge in [0.15, 0.2) is 0 Å². The molecule has 0 radical (unpaired) electrons. The summed E-state index contributed by atoms with van der Waals surface area (Å²) in [6, 6.07) is 11.2. The normalized spacial score (nSPS) is 12.8. The number of hydrogen-bond acceptors (Lipinski definition) is 6. The average molecular weight is 568 g/mol. The van der Waals surface area contributed by atoms with Crippen LogP contribution < -0.4 is 19.1 Å². The lowest BCUT2D eigenvalue weighted by atomic mass is 10.1. The number of benzene rings is 2. The highest BCUT2D eigenvalue weighted by atomic mass is 35.5. The largest absolute Gasteiger partial charge is 0.497 e. The van der Waals surface area contributed by atoms with Gasteiger partial charge in [-0.25, -0.2) is 8.42 Å². The van der Waals surface area contributed by atoms with E-state index in [1.807, 2.05) is 26.0 Å². The van der Waals surface area contributed by atoms with E-state index in [0.717, 1.165) is 18.2 Å². The lowest BCUT2D eigenvalue weighted by Gasteiger charge is -2.30. The molecule has 0 spiro atoms. The van der Waals surface area contributed by atoms with Gasteiger partial charge in [0.05, 0.1) is 31.2 Å². The van der Waals surface area contributed by atoms with Crippen LogP contribution in [-0.4, -0.2) is 64.2 Å². The first-order valence-electron chi connectivity index (χ1n) is 12.4. The molecule has 0 unspecified atom stereocenters. The van der Waals surface area contributed by atoms with Crippen LogP contribution in [0.3, 0.4) is 0 Å². The van der Waals surface area contributed by atoms with Crippen LogP contribution in [0, 0.1) is 0 Å². The van der Waals surface area contributed by atoms with Gasteiger partial charge in [-0.1, -0.05) is 30.7 Å². The average Bonchev–Trinajstić information content (AvgIpc) is 2.88. The van der Waals surface area contributed by atoms with Crippen LogP contribution in [0.1, 0.15) is 45.6 Å². The molecule has 0 aliphatic heterocycles. The number of halogens is 1. The second-order valence-electron chi connectivity index (χ2n) is 9.12. The first-order valence-corrected chi connectivity index (χ1v) is 14.7. The van der Waals surface area contributed by atoms with Crippen LogP contribution >= 0.6 is 11.6 Å². The minimum absolute atomic E-state index is 0.0254. The minimum atomic E-state index is -3.64. The van der Waals surface area contributed by atoms with E-state index in [0.29, 0.717) is 17.2 Å². The maximum atomic E-state index is 13.4. The molecule has 0 bridgehead atoms. The Hall–Kier alpha value is -2.98. The molecule has 11 heteroatoms. The van der Waals surface area contributed by atoms with E-state index in [2.05, 4.69) is 5.32 Å². The smallest absolute Gasteiger partial charge is 0.242 e. The van der Waals surface area contributed by atoms with E-state index in [1.54, 1.807) is 38.3 Å². The number of carbonyl (C=O) groups excluding carboxylic acids is 2. The zero-order valence-corrected chi connectivity index (χ0v) is 24.4. The third-order valence-electron chi connectivity index (χ3n) is 6.26. The molecule has 0 aromatic heterocycles. The summed E-state index contributed by atoms with van der Waals surface area (Å²) >= 11 is 6.20. The molecule has 0 aliphatic rings. The Morgan fingerprint density at radius 1 is 1.05 bits per heavy atom. The third-order valence-corrected chi connectivity index (χ3v) is 7.75. The van der Waals surface area contributed by atoms with Gasteiger partial charge in [0.1, 0.15) is 17.5 Å². The van der Waals surface area contributed by atoms with Crippen molar-refractivity contribution in [3.05, 3.63) is 53.1 Å². The molecule has 2 aromatic rings. The van der Waals surface area contributed by atoms with Crippen LogP contribution in [0.2, 0.25) is 5.02 Å². The molecule has 1 N–H and O–H groups in total. The number of nitrogens with zero attached hydrogens (tertiary/aromatic N) is 2. The van der Waals surface area contributed by atoms with E-state index in [9.17, 15) is 18.0 Å². The summed E-state index contributed by atoms with van der Waals surface area (Å²) in [5.74, 6) is 0.618. The summed E-state index contributed by atoms with van der Waals surface area (Å²) in [7, 11) is -0.591. The second-order valence-corrected chi connectivity index (χ2v) is 11.4. The minimum Gasteiger partial charge on any atom is -0.497 e. The standard InChI is InChI=1S/C27H38ClN3O6S/c1-7-19(2)29-27(33)20(3)30(18-21-10-13-23(36-4)14-11-21)26(32)9-8-16-31(38(6,34)35)22-12-15-25(37-5)24(28)17-22/h10-15,17,19-20H,7-9,16,18H2,1-6H3,(H,29,33)/t19-,20+/m1/s1. The molecule has 0 aliphatic carbocycles. The summed E-state index contributed by atoms with van der Waals surface area (Å²) in [5.41, 5.74) is 1.22. The Kier molecular flexibility index (Phi) is 11.7. The van der Waals surface area contributed by atoms with E-state index in [1.165, 1.54) is 22.4 Å². The Morgan fingerprint density at radius 3 is 2.24 bits per heavy atom. The number of anilines is 1. The van der Waals surface area contributed by atoms with Gasteiger partial charge in [-0.2, -0.15) is 0 Å². The van der Waals surface area contributed by atoms with E-state index < -0.39 is 16.1 Å². The number of nitrogens with one attached hydrogen (secondary N) is 1. The Balaban J connectivity index is 2.20. The zero-order chi connectivity index (χ0) is 28.5. The topological polar surface area (TPSA) is 105 Å². The fraction of sp³-hybridized carbons (Fsp3) is 0.481. The SMILES string of the molecule is CC[C@@H](C)NC(=O)[C@H](C)N(Cc1ccc(OC)cc1)C(=O)CCCN(c1ccc(OC)c(Cl)c1)S(C)(=O)=O. The first kappa shape index (κ1) is 31.2. The Bertz CT molecular complexity index is 1190. The molecule has 2 amide bonds. The summed E-state index contributed by atoms with van der Waals surface area (Å²) < 4.78 is 36.6. The molecule has 0 saturated heterocycles. The molecule has 2 rings (SSSR count). The molecule has 9 nitrogen and oxygen atoms in total. The predicted octanol–water partition coefficient (Wildman–Crippen LogP) is 4.24. The van der Waals surface area contributed by atoms with Gasteiger partial charge in [0.2, 0.25) is 21.8 Å². The van der Waals surface area contributed by atoms with E-state index in [4.69, 9.17) is 21.1 Å². The van der Waals surface area contributed by atoms with Gasteiger partial charge in [0, 0.05) is 25.6 Å². The van der Waals surface area contributed by atoms with Gasteiger partial charge in [-0.3, -0.25) is 13.9 Å². The summed E-state index contributed by atoms with van der Waals surface area (Å²) in [6.45, 7) is 5.87. The molecular formula is C27H38ClN3O6S. The van der Waals surface area contributed by atoms with Crippen molar-refractivity contribution in [1.29, 1.82) is 0 Å². The fourth-order valence-electron chi connectivity index (χ4n) is 3.79. The quantitative estimate of drug-likeness (QED) is 0.366. The highest BCUT2D eigenvalue weighted by Crippen LogP contribution is 2.30. The molecule has 2 aromatic carbocycles. The first-order chi connectivity index (χ1) is 17.9. The van der Waals surface area contributed by atoms with Crippen molar-refractivity contribution in [1.82, 2.24) is 10.2 Å². The van der Waals surface area contributed by atoms with Gasteiger partial charge in [-0.15, -0.1) is 0 Å². The maximum Gasteiger partial charge on any atom is 0.242 e. The van der Waals surface area contributed by atoms with Crippen molar-refractivity contribution in [2.24, 2.45) is 0 Å². The molecular weight excluding hydrogens is 530 g/mol. The summed E-state index contributed by atoms with van der Waals surface area (Å²) in [5, 5.41) is 3.22. The number of carbonyl (C=O) groups is 2. The van der Waals surface area contributed by atoms with Crippen LogP contribution in [0.15, 0.2) is 42.5 Å². The van der Waals surface area contributed by atoms with E-state index in [-0.39, 0.29) is 48.8 Å². The highest BCUT2D eigenvalue weighted by molar-refractivity contribution is 7.92. The van der Waals surface area contributed by atoms with Crippen molar-refractivity contribution in [3.63, 3.8) is 0 Å². The number of methoxy groups -OCH3 is 2. The highest BCUT2D eigenvalue weighted by Gasteiger charge is 2.27. The van der Waals surface area contributed by atoms with Crippen molar-refractivity contribution in [2.75, 3.05) is 31.3 Å². The Morgan fingerprint density at radius 2 is 1.71 bits per heavy atom. The summed E-state index contributed by atoms with van der Waals surface area (Å²) in [6.07, 6.45) is 2.16. The molecule has 0 fully saturated rings. The second kappa shape index (κ2) is 14.2. The van der Waals surface area contributed by atoms with Crippen molar-refractivity contribution < 1.29 is 27.5 Å². The Labute approximate surface area is 231 Å². The number of rotatable bonds is 14. The van der Waals surface area contributed by atoms with Crippen LogP contribution in [0.5, 0.6) is 11.5 Å². The van der Waals surface area contributed by atoms with Crippen LogP contribution in [0.4, 0.5) is 5.69 Å². The van der Waals surface area contributed by atoms with Crippen molar-refractivity contribution in [2.45, 2.75) is 58.7 Å². The van der Waals surface area contributed by atoms with Gasteiger partial charge in [0.25, 0.3) is 0 Å². The van der Waals surface area contributed by atoms with Crippen molar-refractivity contribution in [3.8, 4) is 11.5 Å². The number of ether oxygens (including phenoxy) is 2. The van der Waals surface area contributed by atoms with Gasteiger partial charge >= 0.3 is 0 Å². The lowest BCUT2D eigenvalue weighted by molar-refractivity contribution is -0.140. The number of amides is 2. The number of hydrogen-bond donors (Lipinski definition) is 1. The fourth-order valence-corrected chi connectivity index (χ4v) is 5.00. The van der Waals surface area contributed by atoms with Crippen molar-refractivity contribution >= 4 is 39.1 Å². The van der Waals surface area contributed by atoms with Crippen LogP contribution in [0.25, 0.3) is 0 Å². The third kappa shape index (κ3) is 8.80. The van der Waals surface area contributed by atoms with Crippen LogP contribution in [-0.2, 0) is 26.2 Å². The molecule has 210 valence electrons. The van der Waals surface area contributed by atoms with Gasteiger partial charge < -0.3 is 19.7 Å². The molecule has 0 saturated carbocycles. The number of sulfonamides is 1. The van der Waals surface area contributed by atoms with E-state index >= 15 is 0 Å². The summed E-state index contributed by atoms with van der Waals surface area (Å²) in [4.78, 5) is 27.8. The molecule has 38 heavy (non-hydrogen) atoms.